The Morgan fingerprint density at radius 1 is 0.778 bits per heavy atom. The van der Waals surface area contributed by atoms with Crippen molar-refractivity contribution < 1.29 is 36.9 Å². The number of carbonyl (C=O) groups is 1. The number of rotatable bonds is 18. The minimum Gasteiger partial charge on any atom is -0.460 e. The maximum atomic E-state index is 13.0. The summed E-state index contributed by atoms with van der Waals surface area (Å²) in [6.07, 6.45) is -0.162. The van der Waals surface area contributed by atoms with Crippen molar-refractivity contribution in [2.45, 2.75) is 31.9 Å². The van der Waals surface area contributed by atoms with Crippen LogP contribution in [0.4, 0.5) is 24.5 Å². The molecule has 200 valence electrons. The van der Waals surface area contributed by atoms with Crippen molar-refractivity contribution in [2.24, 2.45) is 0 Å². The number of alkyl halides is 4. The van der Waals surface area contributed by atoms with Crippen LogP contribution in [0.5, 0.6) is 0 Å². The molecule has 0 spiro atoms. The maximum Gasteiger partial charge on any atom is 0.416 e. The molecular weight excluding hydrogens is 499 g/mol. The standard InChI is InChI=1S/C26H33ClF3NO5/c27-12-5-1-2-6-13-33-14-15-34-16-17-35-18-19-36-25(32)23-10-3-4-11-24(23)31-22-9-7-8-21(20-22)26(28,29)30/h3-4,7-11,20,31H,1-2,5-6,12-19H2. The van der Waals surface area contributed by atoms with Gasteiger partial charge in [-0.25, -0.2) is 4.79 Å². The number of hydrogen-bond acceptors (Lipinski definition) is 6. The zero-order valence-electron chi connectivity index (χ0n) is 20.2. The van der Waals surface area contributed by atoms with Crippen molar-refractivity contribution in [1.82, 2.24) is 0 Å². The lowest BCUT2D eigenvalue weighted by Crippen LogP contribution is -2.15. The summed E-state index contributed by atoms with van der Waals surface area (Å²) in [5.74, 6) is 0.0986. The number of hydrogen-bond donors (Lipinski definition) is 1. The van der Waals surface area contributed by atoms with Gasteiger partial charge in [0.2, 0.25) is 0 Å². The number of anilines is 2. The second-order valence-corrected chi connectivity index (χ2v) is 8.20. The molecule has 1 N–H and O–H groups in total. The summed E-state index contributed by atoms with van der Waals surface area (Å²) in [6.45, 7) is 2.70. The number of unbranched alkanes of at least 4 members (excludes halogenated alkanes) is 3. The van der Waals surface area contributed by atoms with E-state index in [2.05, 4.69) is 5.32 Å². The number of carbonyl (C=O) groups excluding carboxylic acids is 1. The van der Waals surface area contributed by atoms with Crippen LogP contribution >= 0.6 is 11.6 Å². The van der Waals surface area contributed by atoms with E-state index < -0.39 is 17.7 Å². The molecule has 10 heteroatoms. The van der Waals surface area contributed by atoms with Gasteiger partial charge in [-0.2, -0.15) is 13.2 Å². The Morgan fingerprint density at radius 2 is 1.42 bits per heavy atom. The fourth-order valence-electron chi connectivity index (χ4n) is 3.16. The predicted octanol–water partition coefficient (Wildman–Crippen LogP) is 6.45. The van der Waals surface area contributed by atoms with Gasteiger partial charge in [0.05, 0.1) is 49.8 Å². The number of ether oxygens (including phenoxy) is 4. The Bertz CT molecular complexity index is 898. The number of halogens is 4. The fraction of sp³-hybridized carbons (Fsp3) is 0.500. The van der Waals surface area contributed by atoms with E-state index in [1.54, 1.807) is 18.2 Å². The Morgan fingerprint density at radius 3 is 2.11 bits per heavy atom. The first kappa shape index (κ1) is 29.9. The molecule has 0 amide bonds. The van der Waals surface area contributed by atoms with Gasteiger partial charge in [0.15, 0.2) is 0 Å². The zero-order valence-corrected chi connectivity index (χ0v) is 20.9. The minimum atomic E-state index is -4.46. The van der Waals surface area contributed by atoms with Crippen LogP contribution < -0.4 is 5.32 Å². The van der Waals surface area contributed by atoms with E-state index >= 15 is 0 Å². The number of nitrogens with one attached hydrogen (secondary N) is 1. The predicted molar refractivity (Wildman–Crippen MR) is 133 cm³/mol. The molecule has 0 fully saturated rings. The van der Waals surface area contributed by atoms with Crippen LogP contribution in [0.15, 0.2) is 48.5 Å². The highest BCUT2D eigenvalue weighted by molar-refractivity contribution is 6.17. The number of esters is 1. The normalized spacial score (nSPS) is 11.4. The quantitative estimate of drug-likeness (QED) is 0.135. The summed E-state index contributed by atoms with van der Waals surface area (Å²) >= 11 is 5.63. The van der Waals surface area contributed by atoms with Gasteiger partial charge in [0, 0.05) is 18.2 Å². The number of benzene rings is 2. The van der Waals surface area contributed by atoms with Crippen LogP contribution in [-0.4, -0.2) is 58.1 Å². The fourth-order valence-corrected chi connectivity index (χ4v) is 3.35. The molecular formula is C26H33ClF3NO5. The van der Waals surface area contributed by atoms with E-state index in [-0.39, 0.29) is 24.5 Å². The van der Waals surface area contributed by atoms with Crippen molar-refractivity contribution in [1.29, 1.82) is 0 Å². The SMILES string of the molecule is O=C(OCCOCCOCCOCCCCCCCl)c1ccccc1Nc1cccc(C(F)(F)F)c1. The largest absolute Gasteiger partial charge is 0.460 e. The molecule has 0 aliphatic rings. The summed E-state index contributed by atoms with van der Waals surface area (Å²) in [4.78, 5) is 12.5. The molecule has 0 unspecified atom stereocenters. The van der Waals surface area contributed by atoms with Gasteiger partial charge in [-0.3, -0.25) is 0 Å². The van der Waals surface area contributed by atoms with Crippen LogP contribution in [0.25, 0.3) is 0 Å². The lowest BCUT2D eigenvalue weighted by molar-refractivity contribution is -0.137. The van der Waals surface area contributed by atoms with Crippen molar-refractivity contribution in [2.75, 3.05) is 57.4 Å². The third-order valence-electron chi connectivity index (χ3n) is 4.99. The minimum absolute atomic E-state index is 0.0313. The zero-order chi connectivity index (χ0) is 26.1. The molecule has 6 nitrogen and oxygen atoms in total. The van der Waals surface area contributed by atoms with Crippen LogP contribution in [-0.2, 0) is 25.1 Å². The van der Waals surface area contributed by atoms with Crippen LogP contribution in [0.2, 0.25) is 0 Å². The van der Waals surface area contributed by atoms with Crippen molar-refractivity contribution in [3.63, 3.8) is 0 Å². The van der Waals surface area contributed by atoms with E-state index in [1.165, 1.54) is 18.2 Å². The highest BCUT2D eigenvalue weighted by Crippen LogP contribution is 2.32. The summed E-state index contributed by atoms with van der Waals surface area (Å²) < 4.78 is 60.4. The molecule has 2 aromatic carbocycles. The van der Waals surface area contributed by atoms with E-state index in [1.807, 2.05) is 0 Å². The Balaban J connectivity index is 1.61. The molecule has 0 radical (unpaired) electrons. The molecule has 0 aromatic heterocycles. The smallest absolute Gasteiger partial charge is 0.416 e. The van der Waals surface area contributed by atoms with Gasteiger partial charge in [-0.05, 0) is 43.2 Å². The van der Waals surface area contributed by atoms with Crippen LogP contribution in [0, 0.1) is 0 Å². The number of para-hydroxylation sites is 1. The van der Waals surface area contributed by atoms with Crippen LogP contribution in [0.1, 0.15) is 41.6 Å². The maximum absolute atomic E-state index is 13.0. The van der Waals surface area contributed by atoms with Gasteiger partial charge in [0.25, 0.3) is 0 Å². The van der Waals surface area contributed by atoms with Gasteiger partial charge >= 0.3 is 12.1 Å². The Hall–Kier alpha value is -2.33. The monoisotopic (exact) mass is 531 g/mol. The van der Waals surface area contributed by atoms with Crippen molar-refractivity contribution >= 4 is 28.9 Å². The molecule has 0 saturated carbocycles. The molecule has 0 bridgehead atoms. The summed E-state index contributed by atoms with van der Waals surface area (Å²) in [5.41, 5.74) is -0.0259. The molecule has 0 atom stereocenters. The molecule has 0 aliphatic carbocycles. The lowest BCUT2D eigenvalue weighted by atomic mass is 10.1. The van der Waals surface area contributed by atoms with Gasteiger partial charge in [-0.15, -0.1) is 11.6 Å². The third-order valence-corrected chi connectivity index (χ3v) is 5.26. The molecule has 36 heavy (non-hydrogen) atoms. The van der Waals surface area contributed by atoms with Crippen molar-refractivity contribution in [3.8, 4) is 0 Å². The second-order valence-electron chi connectivity index (χ2n) is 7.83. The summed E-state index contributed by atoms with van der Waals surface area (Å²) in [5, 5.41) is 2.86. The van der Waals surface area contributed by atoms with Gasteiger partial charge < -0.3 is 24.3 Å². The first-order chi connectivity index (χ1) is 17.4. The highest BCUT2D eigenvalue weighted by Gasteiger charge is 2.30. The van der Waals surface area contributed by atoms with Crippen molar-refractivity contribution in [3.05, 3.63) is 59.7 Å². The summed E-state index contributed by atoms with van der Waals surface area (Å²) in [7, 11) is 0. The molecule has 2 rings (SSSR count). The summed E-state index contributed by atoms with van der Waals surface area (Å²) in [6, 6.07) is 11.2. The second kappa shape index (κ2) is 17.2. The molecule has 2 aromatic rings. The first-order valence-corrected chi connectivity index (χ1v) is 12.4. The highest BCUT2D eigenvalue weighted by atomic mass is 35.5. The Kier molecular flexibility index (Phi) is 14.3. The lowest BCUT2D eigenvalue weighted by Gasteiger charge is -2.13. The van der Waals surface area contributed by atoms with E-state index in [0.29, 0.717) is 44.6 Å². The molecule has 0 aliphatic heterocycles. The van der Waals surface area contributed by atoms with Gasteiger partial charge in [0.1, 0.15) is 6.61 Å². The van der Waals surface area contributed by atoms with Crippen LogP contribution in [0.3, 0.4) is 0 Å². The third kappa shape index (κ3) is 12.1. The molecule has 0 heterocycles. The van der Waals surface area contributed by atoms with E-state index in [4.69, 9.17) is 30.5 Å². The van der Waals surface area contributed by atoms with Gasteiger partial charge in [-0.1, -0.05) is 31.0 Å². The van der Waals surface area contributed by atoms with E-state index in [0.717, 1.165) is 37.8 Å². The first-order valence-electron chi connectivity index (χ1n) is 11.9. The molecule has 0 saturated heterocycles. The topological polar surface area (TPSA) is 66.0 Å². The average Bonchev–Trinajstić information content (AvgIpc) is 2.86. The Labute approximate surface area is 215 Å². The average molecular weight is 532 g/mol. The van der Waals surface area contributed by atoms with E-state index in [9.17, 15) is 18.0 Å².